The minimum atomic E-state index is 0.740. The van der Waals surface area contributed by atoms with Crippen molar-refractivity contribution in [2.75, 3.05) is 25.7 Å². The predicted molar refractivity (Wildman–Crippen MR) is 78.9 cm³/mol. The summed E-state index contributed by atoms with van der Waals surface area (Å²) in [5.41, 5.74) is 0. The second-order valence-corrected chi connectivity index (χ2v) is 3.41. The van der Waals surface area contributed by atoms with Crippen molar-refractivity contribution < 1.29 is 4.74 Å². The molecule has 0 aliphatic carbocycles. The minimum absolute atomic E-state index is 0.740. The zero-order valence-corrected chi connectivity index (χ0v) is 12.7. The van der Waals surface area contributed by atoms with E-state index in [4.69, 9.17) is 4.74 Å². The highest BCUT2D eigenvalue weighted by molar-refractivity contribution is 9.08. The number of para-hydroxylation sites is 1. The van der Waals surface area contributed by atoms with E-state index >= 15 is 0 Å². The van der Waals surface area contributed by atoms with Crippen LogP contribution in [0.25, 0.3) is 0 Å². The highest BCUT2D eigenvalue weighted by Crippen LogP contribution is 2.11. The number of nitrogens with zero attached hydrogens (tertiary/aromatic N) is 1. The maximum atomic E-state index is 5.62. The Kier molecular flexibility index (Phi) is 11.6. The Morgan fingerprint density at radius 2 is 1.59 bits per heavy atom. The quantitative estimate of drug-likeness (QED) is 0.778. The third-order valence-electron chi connectivity index (χ3n) is 2.36. The Morgan fingerprint density at radius 3 is 2.12 bits per heavy atom. The van der Waals surface area contributed by atoms with Crippen molar-refractivity contribution >= 4 is 15.9 Å². The number of alkyl halides is 1. The third kappa shape index (κ3) is 7.40. The van der Waals surface area contributed by atoms with Crippen molar-refractivity contribution in [2.24, 2.45) is 0 Å². The number of likely N-dealkylation sites (tertiary alicyclic amines) is 1. The molecule has 0 unspecified atom stereocenters. The molecular weight excluding hydrogens is 278 g/mol. The molecule has 0 spiro atoms. The second-order valence-electron chi connectivity index (χ2n) is 3.41. The molecular formula is C14H24BrNO. The maximum absolute atomic E-state index is 5.62. The van der Waals surface area contributed by atoms with E-state index in [1.165, 1.54) is 25.9 Å². The minimum Gasteiger partial charge on any atom is -0.478 e. The smallest absolute Gasteiger partial charge is 0.142 e. The summed E-state index contributed by atoms with van der Waals surface area (Å²) in [7, 11) is 0. The molecule has 2 rings (SSSR count). The lowest BCUT2D eigenvalue weighted by Crippen LogP contribution is -2.24. The first-order valence-corrected chi connectivity index (χ1v) is 7.82. The van der Waals surface area contributed by atoms with Crippen molar-refractivity contribution in [1.82, 2.24) is 4.90 Å². The summed E-state index contributed by atoms with van der Waals surface area (Å²) in [4.78, 5) is 2.34. The topological polar surface area (TPSA) is 12.5 Å². The van der Waals surface area contributed by atoms with Crippen LogP contribution in [0.1, 0.15) is 26.7 Å². The van der Waals surface area contributed by atoms with Gasteiger partial charge in [-0.1, -0.05) is 48.0 Å². The van der Waals surface area contributed by atoms with Crippen molar-refractivity contribution in [1.29, 1.82) is 0 Å². The number of ether oxygens (including phenoxy) is 1. The van der Waals surface area contributed by atoms with E-state index in [0.717, 1.165) is 12.5 Å². The molecule has 1 aliphatic rings. The molecule has 0 amide bonds. The number of rotatable bonds is 3. The van der Waals surface area contributed by atoms with E-state index in [-0.39, 0.29) is 0 Å². The van der Waals surface area contributed by atoms with Crippen LogP contribution in [0.3, 0.4) is 0 Å². The predicted octanol–water partition coefficient (Wildman–Crippen LogP) is 4.16. The molecule has 1 heterocycles. The molecule has 17 heavy (non-hydrogen) atoms. The summed E-state index contributed by atoms with van der Waals surface area (Å²) in [6, 6.07) is 9.99. The average Bonchev–Trinajstić information content (AvgIpc) is 2.95. The monoisotopic (exact) mass is 301 g/mol. The van der Waals surface area contributed by atoms with Gasteiger partial charge >= 0.3 is 0 Å². The number of halogens is 1. The molecule has 2 nitrogen and oxygen atoms in total. The fourth-order valence-corrected chi connectivity index (χ4v) is 1.59. The number of benzene rings is 1. The van der Waals surface area contributed by atoms with Crippen molar-refractivity contribution in [2.45, 2.75) is 26.7 Å². The molecule has 3 heteroatoms. The number of hydrogen-bond donors (Lipinski definition) is 0. The molecule has 0 saturated carbocycles. The van der Waals surface area contributed by atoms with Crippen LogP contribution in [-0.4, -0.2) is 30.6 Å². The molecule has 98 valence electrons. The normalized spacial score (nSPS) is 14.1. The van der Waals surface area contributed by atoms with Crippen molar-refractivity contribution in [3.63, 3.8) is 0 Å². The standard InChI is InChI=1S/C11H15NO.C2H6.CH3Br/c1-2-6-11(7-3-1)13-10-12-8-4-5-9-12;2*1-2/h1-3,6-7H,4-5,8-10H2;1-2H3;1H3. The van der Waals surface area contributed by atoms with Crippen LogP contribution >= 0.6 is 15.9 Å². The zero-order chi connectivity index (χ0) is 12.9. The number of hydrogen-bond acceptors (Lipinski definition) is 2. The van der Waals surface area contributed by atoms with Crippen LogP contribution in [0.5, 0.6) is 5.75 Å². The highest BCUT2D eigenvalue weighted by atomic mass is 79.9. The van der Waals surface area contributed by atoms with E-state index in [9.17, 15) is 0 Å². The average molecular weight is 302 g/mol. The van der Waals surface area contributed by atoms with Gasteiger partial charge in [-0.25, -0.2) is 0 Å². The van der Waals surface area contributed by atoms with Crippen LogP contribution in [-0.2, 0) is 0 Å². The summed E-state index contributed by atoms with van der Waals surface area (Å²) in [5, 5.41) is 0. The first-order chi connectivity index (χ1) is 8.45. The fraction of sp³-hybridized carbons (Fsp3) is 0.571. The van der Waals surface area contributed by atoms with Gasteiger partial charge in [-0.3, -0.25) is 4.90 Å². The Morgan fingerprint density at radius 1 is 1.06 bits per heavy atom. The molecule has 1 saturated heterocycles. The third-order valence-corrected chi connectivity index (χ3v) is 2.36. The van der Waals surface area contributed by atoms with Gasteiger partial charge in [0.1, 0.15) is 12.5 Å². The van der Waals surface area contributed by atoms with E-state index in [1.54, 1.807) is 0 Å². The Labute approximate surface area is 114 Å². The van der Waals surface area contributed by atoms with Gasteiger partial charge in [0.2, 0.25) is 0 Å². The molecule has 1 aliphatic heterocycles. The van der Waals surface area contributed by atoms with E-state index in [0.29, 0.717) is 0 Å². The van der Waals surface area contributed by atoms with Crippen molar-refractivity contribution in [3.8, 4) is 5.75 Å². The molecule has 0 radical (unpaired) electrons. The largest absolute Gasteiger partial charge is 0.478 e. The molecule has 0 aromatic heterocycles. The van der Waals surface area contributed by atoms with Crippen LogP contribution in [0.2, 0.25) is 0 Å². The first kappa shape index (κ1) is 16.5. The van der Waals surface area contributed by atoms with Gasteiger partial charge in [0.05, 0.1) is 0 Å². The SMILES string of the molecule is CBr.CC.c1ccc(OCN2CCCC2)cc1. The summed E-state index contributed by atoms with van der Waals surface area (Å²) in [5.74, 6) is 2.78. The summed E-state index contributed by atoms with van der Waals surface area (Å²) in [6.07, 6.45) is 2.64. The van der Waals surface area contributed by atoms with E-state index in [2.05, 4.69) is 20.8 Å². The summed E-state index contributed by atoms with van der Waals surface area (Å²) < 4.78 is 5.62. The lowest BCUT2D eigenvalue weighted by atomic mass is 10.3. The van der Waals surface area contributed by atoms with Crippen LogP contribution in [0.4, 0.5) is 0 Å². The fourth-order valence-electron chi connectivity index (χ4n) is 1.59. The van der Waals surface area contributed by atoms with Gasteiger partial charge in [-0.15, -0.1) is 0 Å². The van der Waals surface area contributed by atoms with Crippen molar-refractivity contribution in [3.05, 3.63) is 30.3 Å². The molecule has 0 bridgehead atoms. The van der Waals surface area contributed by atoms with Gasteiger partial charge in [0, 0.05) is 13.1 Å². The van der Waals surface area contributed by atoms with E-state index < -0.39 is 0 Å². The summed E-state index contributed by atoms with van der Waals surface area (Å²) >= 11 is 2.94. The van der Waals surface area contributed by atoms with Crippen LogP contribution in [0.15, 0.2) is 30.3 Å². The Balaban J connectivity index is 0.000000581. The Bertz CT molecular complexity index is 248. The zero-order valence-electron chi connectivity index (χ0n) is 11.2. The van der Waals surface area contributed by atoms with Gasteiger partial charge in [-0.05, 0) is 30.8 Å². The molecule has 0 N–H and O–H groups in total. The first-order valence-electron chi connectivity index (χ1n) is 6.23. The van der Waals surface area contributed by atoms with Crippen LogP contribution in [0, 0.1) is 0 Å². The van der Waals surface area contributed by atoms with Gasteiger partial charge in [0.15, 0.2) is 0 Å². The maximum Gasteiger partial charge on any atom is 0.142 e. The van der Waals surface area contributed by atoms with Crippen LogP contribution < -0.4 is 4.74 Å². The lowest BCUT2D eigenvalue weighted by Gasteiger charge is -2.15. The lowest BCUT2D eigenvalue weighted by molar-refractivity contribution is 0.152. The summed E-state index contributed by atoms with van der Waals surface area (Å²) in [6.45, 7) is 7.11. The van der Waals surface area contributed by atoms with E-state index in [1.807, 2.05) is 50.0 Å². The van der Waals surface area contributed by atoms with Gasteiger partial charge in [-0.2, -0.15) is 0 Å². The highest BCUT2D eigenvalue weighted by Gasteiger charge is 2.10. The second kappa shape index (κ2) is 11.9. The molecule has 1 aromatic rings. The van der Waals surface area contributed by atoms with Gasteiger partial charge in [0.25, 0.3) is 0 Å². The Hall–Kier alpha value is -0.540. The molecule has 0 atom stereocenters. The molecule has 1 fully saturated rings. The van der Waals surface area contributed by atoms with Gasteiger partial charge < -0.3 is 4.74 Å². The molecule has 1 aromatic carbocycles.